The lowest BCUT2D eigenvalue weighted by Crippen LogP contribution is -2.13. The summed E-state index contributed by atoms with van der Waals surface area (Å²) in [5, 5.41) is 3.27. The topological polar surface area (TPSA) is 55.4 Å². The van der Waals surface area contributed by atoms with Gasteiger partial charge in [0.2, 0.25) is 0 Å². The molecule has 0 spiro atoms. The van der Waals surface area contributed by atoms with E-state index < -0.39 is 9.84 Å². The minimum atomic E-state index is -3.18. The van der Waals surface area contributed by atoms with Gasteiger partial charge < -0.3 is 10.1 Å². The van der Waals surface area contributed by atoms with Gasteiger partial charge >= 0.3 is 0 Å². The summed E-state index contributed by atoms with van der Waals surface area (Å²) in [5.41, 5.74) is 0.722. The molecule has 4 nitrogen and oxygen atoms in total. The van der Waals surface area contributed by atoms with Gasteiger partial charge in [-0.05, 0) is 37.3 Å². The Kier molecular flexibility index (Phi) is 5.43. The third-order valence-electron chi connectivity index (χ3n) is 3.59. The summed E-state index contributed by atoms with van der Waals surface area (Å²) in [7, 11) is -3.18. The van der Waals surface area contributed by atoms with Gasteiger partial charge in [0.15, 0.2) is 9.84 Å². The van der Waals surface area contributed by atoms with Crippen molar-refractivity contribution in [1.29, 1.82) is 0 Å². The van der Waals surface area contributed by atoms with E-state index in [1.54, 1.807) is 12.1 Å². The van der Waals surface area contributed by atoms with Crippen LogP contribution in [0.25, 0.3) is 0 Å². The van der Waals surface area contributed by atoms with Crippen LogP contribution >= 0.6 is 0 Å². The maximum atomic E-state index is 12.2. The van der Waals surface area contributed by atoms with E-state index >= 15 is 0 Å². The Morgan fingerprint density at radius 3 is 2.85 bits per heavy atom. The number of ether oxygens (including phenoxy) is 1. The number of benzene rings is 1. The minimum Gasteiger partial charge on any atom is -0.384 e. The second-order valence-corrected chi connectivity index (χ2v) is 7.34. The maximum Gasteiger partial charge on any atom is 0.180 e. The molecule has 20 heavy (non-hydrogen) atoms. The van der Waals surface area contributed by atoms with Crippen molar-refractivity contribution in [1.82, 2.24) is 0 Å². The standard InChI is InChI=1S/C15H23NO3S/c1-2-11-20(17,18)15-6-4-3-5-14(15)16-9-7-13-8-10-19-12-13/h3-6,13,16H,2,7-12H2,1H3. The zero-order valence-corrected chi connectivity index (χ0v) is 12.8. The lowest BCUT2D eigenvalue weighted by Gasteiger charge is -2.13. The van der Waals surface area contributed by atoms with Crippen molar-refractivity contribution in [2.24, 2.45) is 5.92 Å². The average Bonchev–Trinajstić information content (AvgIpc) is 2.92. The third kappa shape index (κ3) is 3.96. The third-order valence-corrected chi connectivity index (χ3v) is 5.56. The van der Waals surface area contributed by atoms with Crippen molar-refractivity contribution >= 4 is 15.5 Å². The molecule has 1 N–H and O–H groups in total. The molecular formula is C15H23NO3S. The summed E-state index contributed by atoms with van der Waals surface area (Å²) in [6.07, 6.45) is 2.76. The molecule has 0 amide bonds. The lowest BCUT2D eigenvalue weighted by atomic mass is 10.1. The SMILES string of the molecule is CCCS(=O)(=O)c1ccccc1NCCC1CCOC1. The van der Waals surface area contributed by atoms with Crippen LogP contribution in [0.4, 0.5) is 5.69 Å². The Hall–Kier alpha value is -1.07. The van der Waals surface area contributed by atoms with Crippen molar-refractivity contribution in [2.45, 2.75) is 31.1 Å². The number of sulfone groups is 1. The molecule has 1 atom stereocenters. The van der Waals surface area contributed by atoms with Crippen LogP contribution < -0.4 is 5.32 Å². The predicted molar refractivity (Wildman–Crippen MR) is 80.8 cm³/mol. The van der Waals surface area contributed by atoms with Crippen molar-refractivity contribution in [3.63, 3.8) is 0 Å². The fourth-order valence-corrected chi connectivity index (χ4v) is 4.00. The van der Waals surface area contributed by atoms with Gasteiger partial charge in [0.1, 0.15) is 0 Å². The van der Waals surface area contributed by atoms with Crippen LogP contribution in [0, 0.1) is 5.92 Å². The molecule has 2 rings (SSSR count). The highest BCUT2D eigenvalue weighted by molar-refractivity contribution is 7.91. The van der Waals surface area contributed by atoms with E-state index in [9.17, 15) is 8.42 Å². The molecule has 0 aromatic heterocycles. The van der Waals surface area contributed by atoms with Crippen molar-refractivity contribution in [3.8, 4) is 0 Å². The number of hydrogen-bond donors (Lipinski definition) is 1. The largest absolute Gasteiger partial charge is 0.384 e. The Bertz CT molecular complexity index is 522. The molecule has 1 aliphatic heterocycles. The molecule has 0 bridgehead atoms. The lowest BCUT2D eigenvalue weighted by molar-refractivity contribution is 0.185. The zero-order chi connectivity index (χ0) is 14.4. The van der Waals surface area contributed by atoms with Crippen LogP contribution in [0.5, 0.6) is 0 Å². The van der Waals surface area contributed by atoms with Gasteiger partial charge in [-0.15, -0.1) is 0 Å². The molecule has 1 saturated heterocycles. The van der Waals surface area contributed by atoms with E-state index in [4.69, 9.17) is 4.74 Å². The number of para-hydroxylation sites is 1. The van der Waals surface area contributed by atoms with Crippen LogP contribution in [0.1, 0.15) is 26.2 Å². The van der Waals surface area contributed by atoms with Crippen LogP contribution in [-0.4, -0.2) is 33.9 Å². The van der Waals surface area contributed by atoms with Crippen LogP contribution in [0.3, 0.4) is 0 Å². The first kappa shape index (κ1) is 15.3. The van der Waals surface area contributed by atoms with Gasteiger partial charge in [0, 0.05) is 19.8 Å². The first-order valence-electron chi connectivity index (χ1n) is 7.27. The van der Waals surface area contributed by atoms with Crippen LogP contribution in [0.2, 0.25) is 0 Å². The fraction of sp³-hybridized carbons (Fsp3) is 0.600. The number of hydrogen-bond acceptors (Lipinski definition) is 4. The maximum absolute atomic E-state index is 12.2. The molecule has 1 aliphatic rings. The molecule has 1 fully saturated rings. The van der Waals surface area contributed by atoms with Crippen molar-refractivity contribution in [2.75, 3.05) is 30.8 Å². The quantitative estimate of drug-likeness (QED) is 0.841. The van der Waals surface area contributed by atoms with E-state index in [2.05, 4.69) is 5.32 Å². The van der Waals surface area contributed by atoms with E-state index in [1.807, 2.05) is 19.1 Å². The minimum absolute atomic E-state index is 0.197. The molecule has 112 valence electrons. The predicted octanol–water partition coefficient (Wildman–Crippen LogP) is 2.71. The van der Waals surface area contributed by atoms with Crippen molar-refractivity contribution in [3.05, 3.63) is 24.3 Å². The summed E-state index contributed by atoms with van der Waals surface area (Å²) < 4.78 is 29.8. The number of nitrogens with one attached hydrogen (secondary N) is 1. The molecule has 0 saturated carbocycles. The van der Waals surface area contributed by atoms with Gasteiger partial charge in [-0.3, -0.25) is 0 Å². The van der Waals surface area contributed by atoms with E-state index in [0.29, 0.717) is 17.2 Å². The Morgan fingerprint density at radius 2 is 2.15 bits per heavy atom. The summed E-state index contributed by atoms with van der Waals surface area (Å²) in [5.74, 6) is 0.796. The molecular weight excluding hydrogens is 274 g/mol. The number of rotatable bonds is 7. The van der Waals surface area contributed by atoms with Crippen LogP contribution in [0.15, 0.2) is 29.2 Å². The first-order chi connectivity index (χ1) is 9.63. The number of anilines is 1. The summed E-state index contributed by atoms with van der Waals surface area (Å²) in [4.78, 5) is 0.421. The van der Waals surface area contributed by atoms with Gasteiger partial charge in [0.05, 0.1) is 16.3 Å². The summed E-state index contributed by atoms with van der Waals surface area (Å²) in [6, 6.07) is 7.17. The van der Waals surface area contributed by atoms with Gasteiger partial charge in [-0.25, -0.2) is 8.42 Å². The smallest absolute Gasteiger partial charge is 0.180 e. The summed E-state index contributed by atoms with van der Waals surface area (Å²) in [6.45, 7) is 4.35. The molecule has 0 aliphatic carbocycles. The van der Waals surface area contributed by atoms with E-state index in [0.717, 1.165) is 38.3 Å². The average molecular weight is 297 g/mol. The zero-order valence-electron chi connectivity index (χ0n) is 12.0. The molecule has 1 aromatic carbocycles. The highest BCUT2D eigenvalue weighted by Gasteiger charge is 2.18. The Morgan fingerprint density at radius 1 is 1.35 bits per heavy atom. The highest BCUT2D eigenvalue weighted by Crippen LogP contribution is 2.23. The Balaban J connectivity index is 2.00. The highest BCUT2D eigenvalue weighted by atomic mass is 32.2. The fourth-order valence-electron chi connectivity index (χ4n) is 2.48. The van der Waals surface area contributed by atoms with E-state index in [-0.39, 0.29) is 5.75 Å². The molecule has 1 unspecified atom stereocenters. The van der Waals surface area contributed by atoms with Crippen molar-refractivity contribution < 1.29 is 13.2 Å². The molecule has 1 heterocycles. The monoisotopic (exact) mass is 297 g/mol. The van der Waals surface area contributed by atoms with Gasteiger partial charge in [-0.2, -0.15) is 0 Å². The Labute approximate surface area is 121 Å². The molecule has 1 aromatic rings. The van der Waals surface area contributed by atoms with E-state index in [1.165, 1.54) is 0 Å². The van der Waals surface area contributed by atoms with Gasteiger partial charge in [-0.1, -0.05) is 19.1 Å². The second-order valence-electron chi connectivity index (χ2n) is 5.26. The van der Waals surface area contributed by atoms with Crippen LogP contribution in [-0.2, 0) is 14.6 Å². The van der Waals surface area contributed by atoms with Gasteiger partial charge in [0.25, 0.3) is 0 Å². The normalized spacial score (nSPS) is 19.1. The first-order valence-corrected chi connectivity index (χ1v) is 8.92. The summed E-state index contributed by atoms with van der Waals surface area (Å²) >= 11 is 0. The molecule has 0 radical (unpaired) electrons. The second kappa shape index (κ2) is 7.09. The molecule has 5 heteroatoms.